The lowest BCUT2D eigenvalue weighted by atomic mass is 10.0. The SMILES string of the molecule is CCOCOCc1cc(C=Cc2cccc(CCCCC(=O)OC)c2)cc(OCOCC)c1. The van der Waals surface area contributed by atoms with Gasteiger partial charge in [-0.25, -0.2) is 0 Å². The summed E-state index contributed by atoms with van der Waals surface area (Å²) in [5.74, 6) is 0.585. The fourth-order valence-electron chi connectivity index (χ4n) is 3.19. The van der Waals surface area contributed by atoms with Gasteiger partial charge in [-0.15, -0.1) is 0 Å². The van der Waals surface area contributed by atoms with E-state index in [0.29, 0.717) is 26.2 Å². The number of carbonyl (C=O) groups is 1. The predicted octanol–water partition coefficient (Wildman–Crippen LogP) is 5.63. The molecule has 0 aliphatic heterocycles. The highest BCUT2D eigenvalue weighted by atomic mass is 16.7. The average molecular weight is 457 g/mol. The van der Waals surface area contributed by atoms with Crippen LogP contribution in [0.1, 0.15) is 55.4 Å². The monoisotopic (exact) mass is 456 g/mol. The average Bonchev–Trinajstić information content (AvgIpc) is 2.83. The number of hydrogen-bond donors (Lipinski definition) is 0. The zero-order chi connectivity index (χ0) is 23.7. The minimum atomic E-state index is -0.151. The molecule has 0 atom stereocenters. The van der Waals surface area contributed by atoms with Crippen LogP contribution in [0.4, 0.5) is 0 Å². The van der Waals surface area contributed by atoms with Gasteiger partial charge in [0, 0.05) is 19.6 Å². The molecule has 0 radical (unpaired) electrons. The number of methoxy groups -OCH3 is 1. The summed E-state index contributed by atoms with van der Waals surface area (Å²) in [6.45, 7) is 6.00. The number of rotatable bonds is 16. The van der Waals surface area contributed by atoms with Crippen molar-refractivity contribution in [2.45, 2.75) is 46.1 Å². The van der Waals surface area contributed by atoms with Gasteiger partial charge < -0.3 is 23.7 Å². The lowest BCUT2D eigenvalue weighted by Gasteiger charge is -2.10. The predicted molar refractivity (Wildman–Crippen MR) is 130 cm³/mol. The molecule has 2 aromatic carbocycles. The molecular formula is C27H36O6. The molecular weight excluding hydrogens is 420 g/mol. The minimum absolute atomic E-state index is 0.151. The van der Waals surface area contributed by atoms with E-state index < -0.39 is 0 Å². The Kier molecular flexibility index (Phi) is 12.9. The molecule has 6 nitrogen and oxygen atoms in total. The Morgan fingerprint density at radius 3 is 2.39 bits per heavy atom. The van der Waals surface area contributed by atoms with E-state index in [1.54, 1.807) is 0 Å². The molecule has 2 aromatic rings. The van der Waals surface area contributed by atoms with E-state index in [2.05, 4.69) is 42.5 Å². The van der Waals surface area contributed by atoms with Gasteiger partial charge >= 0.3 is 5.97 Å². The van der Waals surface area contributed by atoms with Gasteiger partial charge in [-0.2, -0.15) is 0 Å². The van der Waals surface area contributed by atoms with E-state index in [1.165, 1.54) is 12.7 Å². The van der Waals surface area contributed by atoms with Crippen molar-refractivity contribution in [3.05, 3.63) is 64.7 Å². The maximum Gasteiger partial charge on any atom is 0.305 e. The first-order valence-corrected chi connectivity index (χ1v) is 11.5. The first-order chi connectivity index (χ1) is 16.1. The van der Waals surface area contributed by atoms with Crippen LogP contribution >= 0.6 is 0 Å². The number of unbranched alkanes of at least 4 members (excludes halogenated alkanes) is 1. The second kappa shape index (κ2) is 16.0. The van der Waals surface area contributed by atoms with Gasteiger partial charge in [0.2, 0.25) is 0 Å². The lowest BCUT2D eigenvalue weighted by molar-refractivity contribution is -0.140. The second-order valence-corrected chi connectivity index (χ2v) is 7.49. The van der Waals surface area contributed by atoms with Crippen molar-refractivity contribution < 1.29 is 28.5 Å². The molecule has 0 fully saturated rings. The van der Waals surface area contributed by atoms with Crippen LogP contribution in [0.5, 0.6) is 5.75 Å². The highest BCUT2D eigenvalue weighted by Crippen LogP contribution is 2.21. The lowest BCUT2D eigenvalue weighted by Crippen LogP contribution is -2.04. The third kappa shape index (κ3) is 11.1. The summed E-state index contributed by atoms with van der Waals surface area (Å²) in [6, 6.07) is 14.4. The molecule has 0 aliphatic rings. The molecule has 180 valence electrons. The standard InChI is InChI=1S/C27H36O6/c1-4-30-20-32-19-25-16-24(17-26(18-25)33-21-31-5-2)14-13-23-11-8-10-22(15-23)9-6-7-12-27(28)29-3/h8,10-11,13-18H,4-7,9,12,19-21H2,1-3H3. The van der Waals surface area contributed by atoms with Crippen molar-refractivity contribution in [1.29, 1.82) is 0 Å². The maximum atomic E-state index is 11.2. The molecule has 2 rings (SSSR count). The summed E-state index contributed by atoms with van der Waals surface area (Å²) < 4.78 is 26.6. The number of esters is 1. The molecule has 0 saturated heterocycles. The van der Waals surface area contributed by atoms with Gasteiger partial charge in [0.15, 0.2) is 6.79 Å². The topological polar surface area (TPSA) is 63.2 Å². The number of aryl methyl sites for hydroxylation is 1. The molecule has 33 heavy (non-hydrogen) atoms. The van der Waals surface area contributed by atoms with Crippen molar-refractivity contribution in [2.24, 2.45) is 0 Å². The summed E-state index contributed by atoms with van der Waals surface area (Å²) in [5, 5.41) is 0. The Balaban J connectivity index is 2.03. The van der Waals surface area contributed by atoms with Crippen molar-refractivity contribution in [3.63, 3.8) is 0 Å². The molecule has 0 bridgehead atoms. The summed E-state index contributed by atoms with van der Waals surface area (Å²) in [4.78, 5) is 11.2. The van der Waals surface area contributed by atoms with E-state index in [1.807, 2.05) is 26.0 Å². The van der Waals surface area contributed by atoms with E-state index in [4.69, 9.17) is 23.7 Å². The van der Waals surface area contributed by atoms with Gasteiger partial charge in [-0.05, 0) is 73.6 Å². The van der Waals surface area contributed by atoms with Crippen LogP contribution in [-0.4, -0.2) is 39.9 Å². The maximum absolute atomic E-state index is 11.2. The van der Waals surface area contributed by atoms with Gasteiger partial charge in [-0.3, -0.25) is 4.79 Å². The van der Waals surface area contributed by atoms with Crippen LogP contribution in [0, 0.1) is 0 Å². The number of benzene rings is 2. The van der Waals surface area contributed by atoms with E-state index in [-0.39, 0.29) is 19.6 Å². The van der Waals surface area contributed by atoms with Crippen molar-refractivity contribution in [2.75, 3.05) is 33.9 Å². The smallest absolute Gasteiger partial charge is 0.305 e. The Morgan fingerprint density at radius 2 is 1.61 bits per heavy atom. The molecule has 0 unspecified atom stereocenters. The first kappa shape index (κ1) is 26.6. The highest BCUT2D eigenvalue weighted by Gasteiger charge is 2.03. The second-order valence-electron chi connectivity index (χ2n) is 7.49. The zero-order valence-corrected chi connectivity index (χ0v) is 20.0. The van der Waals surface area contributed by atoms with Gasteiger partial charge in [0.05, 0.1) is 13.7 Å². The number of hydrogen-bond acceptors (Lipinski definition) is 6. The van der Waals surface area contributed by atoms with E-state index in [0.717, 1.165) is 41.7 Å². The van der Waals surface area contributed by atoms with E-state index >= 15 is 0 Å². The molecule has 0 N–H and O–H groups in total. The minimum Gasteiger partial charge on any atom is -0.469 e. The quantitative estimate of drug-likeness (QED) is 0.141. The molecule has 0 spiro atoms. The summed E-state index contributed by atoms with van der Waals surface area (Å²) in [7, 11) is 1.43. The molecule has 0 aromatic heterocycles. The number of ether oxygens (including phenoxy) is 5. The summed E-state index contributed by atoms with van der Waals surface area (Å²) in [5.41, 5.74) is 4.39. The molecule has 6 heteroatoms. The third-order valence-corrected chi connectivity index (χ3v) is 4.88. The van der Waals surface area contributed by atoms with Crippen molar-refractivity contribution in [3.8, 4) is 5.75 Å². The van der Waals surface area contributed by atoms with E-state index in [9.17, 15) is 4.79 Å². The van der Waals surface area contributed by atoms with Crippen LogP contribution in [0.15, 0.2) is 42.5 Å². The summed E-state index contributed by atoms with van der Waals surface area (Å²) >= 11 is 0. The normalized spacial score (nSPS) is 11.1. The van der Waals surface area contributed by atoms with Crippen LogP contribution in [0.2, 0.25) is 0 Å². The largest absolute Gasteiger partial charge is 0.469 e. The van der Waals surface area contributed by atoms with Gasteiger partial charge in [0.1, 0.15) is 12.5 Å². The van der Waals surface area contributed by atoms with Gasteiger partial charge in [0.25, 0.3) is 0 Å². The zero-order valence-electron chi connectivity index (χ0n) is 20.0. The Morgan fingerprint density at radius 1 is 0.848 bits per heavy atom. The Bertz CT molecular complexity index is 861. The first-order valence-electron chi connectivity index (χ1n) is 11.5. The molecule has 0 aliphatic carbocycles. The van der Waals surface area contributed by atoms with Crippen LogP contribution in [-0.2, 0) is 36.8 Å². The van der Waals surface area contributed by atoms with Crippen molar-refractivity contribution >= 4 is 18.1 Å². The Hall–Kier alpha value is -2.67. The molecule has 0 amide bonds. The van der Waals surface area contributed by atoms with Crippen LogP contribution in [0.25, 0.3) is 12.2 Å². The van der Waals surface area contributed by atoms with Crippen molar-refractivity contribution in [1.82, 2.24) is 0 Å². The molecule has 0 heterocycles. The highest BCUT2D eigenvalue weighted by molar-refractivity contribution is 5.71. The third-order valence-electron chi connectivity index (χ3n) is 4.88. The summed E-state index contributed by atoms with van der Waals surface area (Å²) in [6.07, 6.45) is 7.33. The fourth-order valence-corrected chi connectivity index (χ4v) is 3.19. The van der Waals surface area contributed by atoms with Crippen LogP contribution in [0.3, 0.4) is 0 Å². The van der Waals surface area contributed by atoms with Gasteiger partial charge in [-0.1, -0.05) is 36.4 Å². The Labute approximate surface area is 197 Å². The molecule has 0 saturated carbocycles. The number of carbonyl (C=O) groups excluding carboxylic acids is 1. The van der Waals surface area contributed by atoms with Crippen LogP contribution < -0.4 is 4.74 Å². The fraction of sp³-hybridized carbons (Fsp3) is 0.444.